The average Bonchev–Trinajstić information content (AvgIpc) is 2.11. The van der Waals surface area contributed by atoms with Crippen LogP contribution in [0.2, 0.25) is 0 Å². The van der Waals surface area contributed by atoms with Gasteiger partial charge in [0, 0.05) is 11.0 Å². The van der Waals surface area contributed by atoms with Crippen molar-refractivity contribution in [3.05, 3.63) is 0 Å². The van der Waals surface area contributed by atoms with Crippen LogP contribution in [-0.4, -0.2) is 46.3 Å². The van der Waals surface area contributed by atoms with Crippen molar-refractivity contribution in [2.24, 2.45) is 5.92 Å². The third kappa shape index (κ3) is 5.44. The van der Waals surface area contributed by atoms with Crippen LogP contribution in [-0.2, 0) is 4.79 Å². The first-order valence-electron chi connectivity index (χ1n) is 4.01. The summed E-state index contributed by atoms with van der Waals surface area (Å²) < 4.78 is 0. The van der Waals surface area contributed by atoms with Crippen molar-refractivity contribution < 1.29 is 15.0 Å². The minimum absolute atomic E-state index is 0.263. The van der Waals surface area contributed by atoms with E-state index >= 15 is 0 Å². The number of carbonyl (C=O) groups is 1. The Labute approximate surface area is 87.3 Å². The second-order valence-corrected chi connectivity index (χ2v) is 4.82. The molecule has 2 unspecified atom stereocenters. The van der Waals surface area contributed by atoms with Gasteiger partial charge in [-0.3, -0.25) is 4.79 Å². The summed E-state index contributed by atoms with van der Waals surface area (Å²) in [6.45, 7) is -0.263. The first-order valence-corrected chi connectivity index (χ1v) is 6.69. The zero-order valence-electron chi connectivity index (χ0n) is 7.90. The van der Waals surface area contributed by atoms with Gasteiger partial charge < -0.3 is 10.2 Å². The largest absolute Gasteiger partial charge is 0.481 e. The van der Waals surface area contributed by atoms with E-state index in [1.807, 2.05) is 12.5 Å². The zero-order chi connectivity index (χ0) is 10.3. The molecule has 0 aromatic carbocycles. The molecule has 0 saturated carbocycles. The van der Waals surface area contributed by atoms with Gasteiger partial charge >= 0.3 is 5.97 Å². The molecule has 13 heavy (non-hydrogen) atoms. The van der Waals surface area contributed by atoms with Crippen LogP contribution in [0.15, 0.2) is 0 Å². The van der Waals surface area contributed by atoms with Gasteiger partial charge in [0.15, 0.2) is 0 Å². The van der Waals surface area contributed by atoms with Crippen molar-refractivity contribution >= 4 is 29.5 Å². The Morgan fingerprint density at radius 1 is 1.46 bits per heavy atom. The van der Waals surface area contributed by atoms with Crippen molar-refractivity contribution in [1.29, 1.82) is 0 Å². The summed E-state index contributed by atoms with van der Waals surface area (Å²) in [5, 5.41) is 17.8. The summed E-state index contributed by atoms with van der Waals surface area (Å²) in [6, 6.07) is 0. The summed E-state index contributed by atoms with van der Waals surface area (Å²) >= 11 is 3.36. The van der Waals surface area contributed by atoms with E-state index in [-0.39, 0.29) is 6.61 Å². The van der Waals surface area contributed by atoms with Crippen molar-refractivity contribution in [2.45, 2.75) is 11.7 Å². The highest BCUT2D eigenvalue weighted by molar-refractivity contribution is 8.02. The van der Waals surface area contributed by atoms with E-state index in [0.717, 1.165) is 5.75 Å². The van der Waals surface area contributed by atoms with Gasteiger partial charge in [-0.15, -0.1) is 0 Å². The first-order chi connectivity index (χ1) is 6.15. The summed E-state index contributed by atoms with van der Waals surface area (Å²) in [5.41, 5.74) is 0. The number of thioether (sulfide) groups is 2. The molecule has 0 aromatic heterocycles. The van der Waals surface area contributed by atoms with Crippen LogP contribution in [0.4, 0.5) is 0 Å². The third-order valence-electron chi connectivity index (χ3n) is 1.80. The maximum atomic E-state index is 10.6. The molecule has 2 N–H and O–H groups in total. The Balaban J connectivity index is 3.95. The molecule has 0 aliphatic heterocycles. The molecule has 0 bridgehead atoms. The van der Waals surface area contributed by atoms with Crippen LogP contribution in [0.3, 0.4) is 0 Å². The Morgan fingerprint density at radius 3 is 2.38 bits per heavy atom. The maximum Gasteiger partial charge on any atom is 0.308 e. The zero-order valence-corrected chi connectivity index (χ0v) is 9.53. The monoisotopic (exact) mass is 224 g/mol. The minimum Gasteiger partial charge on any atom is -0.481 e. The molecule has 3 nitrogen and oxygen atoms in total. The van der Waals surface area contributed by atoms with Gasteiger partial charge in [-0.05, 0) is 18.9 Å². The van der Waals surface area contributed by atoms with E-state index in [0.29, 0.717) is 11.7 Å². The summed E-state index contributed by atoms with van der Waals surface area (Å²) in [5.74, 6) is -0.572. The summed E-state index contributed by atoms with van der Waals surface area (Å²) in [6.07, 6.45) is 4.52. The molecule has 0 aliphatic rings. The van der Waals surface area contributed by atoms with E-state index in [4.69, 9.17) is 10.2 Å². The highest BCUT2D eigenvalue weighted by Gasteiger charge is 2.20. The van der Waals surface area contributed by atoms with Crippen LogP contribution < -0.4 is 0 Å². The molecule has 0 heterocycles. The minimum atomic E-state index is -0.900. The number of aliphatic carboxylic acids is 1. The Morgan fingerprint density at radius 2 is 2.08 bits per heavy atom. The predicted molar refractivity (Wildman–Crippen MR) is 58.5 cm³/mol. The molecule has 0 fully saturated rings. The first kappa shape index (κ1) is 13.1. The number of hydrogen-bond acceptors (Lipinski definition) is 4. The molecule has 0 amide bonds. The molecular formula is C8H16O3S2. The number of carboxylic acids is 1. The highest BCUT2D eigenvalue weighted by atomic mass is 32.2. The Kier molecular flexibility index (Phi) is 7.60. The number of aliphatic hydroxyl groups is 1. The fourth-order valence-electron chi connectivity index (χ4n) is 0.989. The highest BCUT2D eigenvalue weighted by Crippen LogP contribution is 2.20. The molecule has 5 heteroatoms. The molecule has 0 aromatic rings. The number of rotatable bonds is 7. The lowest BCUT2D eigenvalue weighted by Crippen LogP contribution is -2.23. The molecule has 0 rings (SSSR count). The fraction of sp³-hybridized carbons (Fsp3) is 0.875. The lowest BCUT2D eigenvalue weighted by atomic mass is 10.1. The van der Waals surface area contributed by atoms with Crippen molar-refractivity contribution in [1.82, 2.24) is 0 Å². The predicted octanol–water partition coefficient (Wildman–Crippen LogP) is 1.16. The standard InChI is InChI=1S/C8H16O3S2/c1-12-5-7(13-2)3-6(4-9)8(10)11/h6-7,9H,3-5H2,1-2H3,(H,10,11). The van der Waals surface area contributed by atoms with Crippen molar-refractivity contribution in [2.75, 3.05) is 24.9 Å². The number of hydrogen-bond donors (Lipinski definition) is 2. The molecule has 2 atom stereocenters. The molecule has 0 saturated heterocycles. The van der Waals surface area contributed by atoms with Crippen LogP contribution in [0.25, 0.3) is 0 Å². The van der Waals surface area contributed by atoms with Crippen LogP contribution in [0.5, 0.6) is 0 Å². The molecular weight excluding hydrogens is 208 g/mol. The van der Waals surface area contributed by atoms with Gasteiger partial charge in [-0.2, -0.15) is 23.5 Å². The van der Waals surface area contributed by atoms with E-state index in [1.54, 1.807) is 23.5 Å². The number of carboxylic acid groups (broad SMARTS) is 1. The van der Waals surface area contributed by atoms with Gasteiger partial charge in [0.2, 0.25) is 0 Å². The van der Waals surface area contributed by atoms with E-state index in [1.165, 1.54) is 0 Å². The Bertz CT molecular complexity index is 152. The SMILES string of the molecule is CSCC(CC(CO)C(=O)O)SC. The second kappa shape index (κ2) is 7.53. The van der Waals surface area contributed by atoms with Gasteiger partial charge in [-0.1, -0.05) is 0 Å². The lowest BCUT2D eigenvalue weighted by molar-refractivity contribution is -0.143. The molecule has 0 spiro atoms. The van der Waals surface area contributed by atoms with Crippen LogP contribution in [0, 0.1) is 5.92 Å². The number of aliphatic hydroxyl groups excluding tert-OH is 1. The van der Waals surface area contributed by atoms with Crippen molar-refractivity contribution in [3.8, 4) is 0 Å². The van der Waals surface area contributed by atoms with Gasteiger partial charge in [0.25, 0.3) is 0 Å². The topological polar surface area (TPSA) is 57.5 Å². The van der Waals surface area contributed by atoms with E-state index in [2.05, 4.69) is 0 Å². The molecule has 0 radical (unpaired) electrons. The van der Waals surface area contributed by atoms with E-state index in [9.17, 15) is 4.79 Å². The average molecular weight is 224 g/mol. The second-order valence-electron chi connectivity index (χ2n) is 2.77. The quantitative estimate of drug-likeness (QED) is 0.679. The molecule has 78 valence electrons. The fourth-order valence-corrected chi connectivity index (χ4v) is 2.87. The van der Waals surface area contributed by atoms with Crippen LogP contribution >= 0.6 is 23.5 Å². The van der Waals surface area contributed by atoms with E-state index < -0.39 is 11.9 Å². The lowest BCUT2D eigenvalue weighted by Gasteiger charge is -2.16. The van der Waals surface area contributed by atoms with Gasteiger partial charge in [-0.25, -0.2) is 0 Å². The van der Waals surface area contributed by atoms with Gasteiger partial charge in [0.1, 0.15) is 0 Å². The Hall–Kier alpha value is 0.130. The summed E-state index contributed by atoms with van der Waals surface area (Å²) in [4.78, 5) is 10.6. The molecule has 0 aliphatic carbocycles. The normalized spacial score (nSPS) is 15.3. The van der Waals surface area contributed by atoms with Gasteiger partial charge in [0.05, 0.1) is 12.5 Å². The van der Waals surface area contributed by atoms with Crippen molar-refractivity contribution in [3.63, 3.8) is 0 Å². The third-order valence-corrected chi connectivity index (χ3v) is 3.78. The summed E-state index contributed by atoms with van der Waals surface area (Å²) in [7, 11) is 0. The van der Waals surface area contributed by atoms with Crippen LogP contribution in [0.1, 0.15) is 6.42 Å². The maximum absolute atomic E-state index is 10.6. The smallest absolute Gasteiger partial charge is 0.308 e.